The summed E-state index contributed by atoms with van der Waals surface area (Å²) in [4.78, 5) is 15.1. The zero-order valence-corrected chi connectivity index (χ0v) is 12.3. The molecular formula is C14H12BrF2NO. The molecule has 1 aromatic heterocycles. The molecule has 0 unspecified atom stereocenters. The molecule has 0 saturated carbocycles. The molecule has 1 heterocycles. The maximum absolute atomic E-state index is 13.8. The van der Waals surface area contributed by atoms with Crippen LogP contribution in [-0.4, -0.2) is 10.8 Å². The van der Waals surface area contributed by atoms with Crippen molar-refractivity contribution in [1.82, 2.24) is 4.98 Å². The van der Waals surface area contributed by atoms with Gasteiger partial charge in [0.25, 0.3) is 0 Å². The van der Waals surface area contributed by atoms with Gasteiger partial charge < -0.3 is 4.98 Å². The highest BCUT2D eigenvalue weighted by Gasteiger charge is 2.23. The van der Waals surface area contributed by atoms with Crippen LogP contribution in [0.2, 0.25) is 0 Å². The average molecular weight is 328 g/mol. The average Bonchev–Trinajstić information content (AvgIpc) is 2.55. The molecule has 0 spiro atoms. The molecule has 0 saturated heterocycles. The summed E-state index contributed by atoms with van der Waals surface area (Å²) in [6.07, 6.45) is 0. The Kier molecular flexibility index (Phi) is 3.58. The number of carbonyl (C=O) groups excluding carboxylic acids is 1. The van der Waals surface area contributed by atoms with Gasteiger partial charge in [-0.05, 0) is 44.0 Å². The van der Waals surface area contributed by atoms with Crippen LogP contribution in [0.15, 0.2) is 16.6 Å². The van der Waals surface area contributed by atoms with E-state index in [-0.39, 0.29) is 10.2 Å². The Balaban J connectivity index is 2.60. The van der Waals surface area contributed by atoms with Gasteiger partial charge in [-0.3, -0.25) is 4.79 Å². The zero-order valence-electron chi connectivity index (χ0n) is 10.7. The van der Waals surface area contributed by atoms with Gasteiger partial charge in [0.15, 0.2) is 0 Å². The largest absolute Gasteiger partial charge is 0.356 e. The molecule has 0 fully saturated rings. The number of carbonyl (C=O) groups is 1. The lowest BCUT2D eigenvalue weighted by molar-refractivity contribution is 0.102. The smallest absolute Gasteiger partial charge is 0.215 e. The first kappa shape index (κ1) is 13.9. The topological polar surface area (TPSA) is 32.9 Å². The van der Waals surface area contributed by atoms with Crippen LogP contribution in [0.3, 0.4) is 0 Å². The minimum atomic E-state index is -0.874. The summed E-state index contributed by atoms with van der Waals surface area (Å²) in [6.45, 7) is 5.42. The quantitative estimate of drug-likeness (QED) is 0.823. The van der Waals surface area contributed by atoms with E-state index in [1.54, 1.807) is 6.92 Å². The number of nitrogens with one attached hydrogen (secondary N) is 1. The van der Waals surface area contributed by atoms with E-state index in [1.807, 2.05) is 13.8 Å². The van der Waals surface area contributed by atoms with Crippen LogP contribution in [-0.2, 0) is 0 Å². The van der Waals surface area contributed by atoms with Crippen molar-refractivity contribution in [3.05, 3.63) is 56.3 Å². The van der Waals surface area contributed by atoms with E-state index >= 15 is 0 Å². The van der Waals surface area contributed by atoms with Crippen LogP contribution >= 0.6 is 15.9 Å². The maximum Gasteiger partial charge on any atom is 0.215 e. The van der Waals surface area contributed by atoms with Crippen molar-refractivity contribution < 1.29 is 13.6 Å². The second-order valence-corrected chi connectivity index (χ2v) is 5.36. The molecule has 0 aliphatic rings. The van der Waals surface area contributed by atoms with E-state index < -0.39 is 23.0 Å². The normalized spacial score (nSPS) is 10.8. The van der Waals surface area contributed by atoms with E-state index in [0.717, 1.165) is 23.4 Å². The molecule has 2 rings (SSSR count). The van der Waals surface area contributed by atoms with Crippen LogP contribution in [0, 0.1) is 32.4 Å². The van der Waals surface area contributed by atoms with Gasteiger partial charge in [0.2, 0.25) is 5.78 Å². The number of aryl methyl sites for hydroxylation is 1. The summed E-state index contributed by atoms with van der Waals surface area (Å²) >= 11 is 2.98. The van der Waals surface area contributed by atoms with Crippen molar-refractivity contribution in [2.45, 2.75) is 20.8 Å². The van der Waals surface area contributed by atoms with Crippen LogP contribution in [0.5, 0.6) is 0 Å². The standard InChI is InChI=1S/C14H12BrF2NO/c1-6-7(2)13(18-8(6)3)14(19)12-10(16)4-9(15)5-11(12)17/h4-5,18H,1-3H3. The number of aromatic nitrogens is 1. The molecule has 1 aromatic carbocycles. The number of rotatable bonds is 2. The minimum absolute atomic E-state index is 0.232. The molecule has 0 amide bonds. The predicted octanol–water partition coefficient (Wildman–Crippen LogP) is 4.21. The second-order valence-electron chi connectivity index (χ2n) is 4.45. The van der Waals surface area contributed by atoms with Gasteiger partial charge in [-0.25, -0.2) is 8.78 Å². The maximum atomic E-state index is 13.8. The summed E-state index contributed by atoms with van der Waals surface area (Å²) in [5.74, 6) is -2.42. The molecule has 2 aromatic rings. The number of hydrogen-bond donors (Lipinski definition) is 1. The van der Waals surface area contributed by atoms with E-state index in [9.17, 15) is 13.6 Å². The first-order valence-electron chi connectivity index (χ1n) is 5.68. The monoisotopic (exact) mass is 327 g/mol. The van der Waals surface area contributed by atoms with Gasteiger partial charge >= 0.3 is 0 Å². The molecule has 2 nitrogen and oxygen atoms in total. The van der Waals surface area contributed by atoms with Crippen molar-refractivity contribution in [3.63, 3.8) is 0 Å². The third-order valence-corrected chi connectivity index (χ3v) is 3.73. The number of hydrogen-bond acceptors (Lipinski definition) is 1. The van der Waals surface area contributed by atoms with Crippen molar-refractivity contribution in [2.24, 2.45) is 0 Å². The molecule has 5 heteroatoms. The van der Waals surface area contributed by atoms with Gasteiger partial charge in [0.05, 0.1) is 11.3 Å². The van der Waals surface area contributed by atoms with E-state index in [1.165, 1.54) is 0 Å². The third-order valence-electron chi connectivity index (χ3n) is 3.27. The molecular weight excluding hydrogens is 316 g/mol. The Labute approximate surface area is 118 Å². The first-order chi connectivity index (χ1) is 8.82. The summed E-state index contributed by atoms with van der Waals surface area (Å²) in [7, 11) is 0. The van der Waals surface area contributed by atoms with Crippen molar-refractivity contribution >= 4 is 21.7 Å². The van der Waals surface area contributed by atoms with Crippen LogP contribution in [0.4, 0.5) is 8.78 Å². The fourth-order valence-electron chi connectivity index (χ4n) is 1.95. The Morgan fingerprint density at radius 3 is 2.05 bits per heavy atom. The van der Waals surface area contributed by atoms with Gasteiger partial charge in [-0.1, -0.05) is 15.9 Å². The molecule has 0 aliphatic heterocycles. The lowest BCUT2D eigenvalue weighted by Crippen LogP contribution is -2.09. The van der Waals surface area contributed by atoms with Crippen LogP contribution < -0.4 is 0 Å². The number of ketones is 1. The zero-order chi connectivity index (χ0) is 14.3. The van der Waals surface area contributed by atoms with Gasteiger partial charge in [0, 0.05) is 10.2 Å². The first-order valence-corrected chi connectivity index (χ1v) is 6.47. The Bertz CT molecular complexity index is 653. The summed E-state index contributed by atoms with van der Waals surface area (Å²) in [5, 5.41) is 0. The summed E-state index contributed by atoms with van der Waals surface area (Å²) in [6, 6.07) is 2.16. The van der Waals surface area contributed by atoms with Gasteiger partial charge in [0.1, 0.15) is 11.6 Å². The molecule has 0 radical (unpaired) electrons. The Morgan fingerprint density at radius 2 is 1.63 bits per heavy atom. The van der Waals surface area contributed by atoms with Crippen molar-refractivity contribution in [3.8, 4) is 0 Å². The van der Waals surface area contributed by atoms with Crippen LogP contribution in [0.1, 0.15) is 32.9 Å². The SMILES string of the molecule is Cc1[nH]c(C(=O)c2c(F)cc(Br)cc2F)c(C)c1C. The Hall–Kier alpha value is -1.49. The van der Waals surface area contributed by atoms with Gasteiger partial charge in [-0.2, -0.15) is 0 Å². The molecule has 19 heavy (non-hydrogen) atoms. The van der Waals surface area contributed by atoms with Crippen molar-refractivity contribution in [1.29, 1.82) is 0 Å². The number of aromatic amines is 1. The molecule has 1 N–H and O–H groups in total. The van der Waals surface area contributed by atoms with E-state index in [4.69, 9.17) is 0 Å². The predicted molar refractivity (Wildman–Crippen MR) is 72.5 cm³/mol. The Morgan fingerprint density at radius 1 is 1.11 bits per heavy atom. The summed E-state index contributed by atoms with van der Waals surface area (Å²) in [5.41, 5.74) is 2.15. The summed E-state index contributed by atoms with van der Waals surface area (Å²) < 4.78 is 27.8. The lowest BCUT2D eigenvalue weighted by atomic mass is 10.0. The highest BCUT2D eigenvalue weighted by atomic mass is 79.9. The fraction of sp³-hybridized carbons (Fsp3) is 0.214. The highest BCUT2D eigenvalue weighted by molar-refractivity contribution is 9.10. The van der Waals surface area contributed by atoms with E-state index in [2.05, 4.69) is 20.9 Å². The highest BCUT2D eigenvalue weighted by Crippen LogP contribution is 2.25. The molecule has 0 bridgehead atoms. The lowest BCUT2D eigenvalue weighted by Gasteiger charge is -2.05. The second kappa shape index (κ2) is 4.89. The molecule has 0 atom stereocenters. The third kappa shape index (κ3) is 2.34. The fourth-order valence-corrected chi connectivity index (χ4v) is 2.36. The minimum Gasteiger partial charge on any atom is -0.356 e. The molecule has 100 valence electrons. The van der Waals surface area contributed by atoms with Crippen molar-refractivity contribution in [2.75, 3.05) is 0 Å². The number of benzene rings is 1. The van der Waals surface area contributed by atoms with Crippen LogP contribution in [0.25, 0.3) is 0 Å². The van der Waals surface area contributed by atoms with E-state index in [0.29, 0.717) is 5.56 Å². The number of halogens is 3. The number of H-pyrrole nitrogens is 1. The van der Waals surface area contributed by atoms with Gasteiger partial charge in [-0.15, -0.1) is 0 Å². The molecule has 0 aliphatic carbocycles.